The summed E-state index contributed by atoms with van der Waals surface area (Å²) in [5, 5.41) is 9.10. The summed E-state index contributed by atoms with van der Waals surface area (Å²) in [6.45, 7) is 0.664. The second-order valence-corrected chi connectivity index (χ2v) is 6.48. The number of methoxy groups -OCH3 is 1. The Hall–Kier alpha value is -3.80. The van der Waals surface area contributed by atoms with Crippen LogP contribution < -0.4 is 10.1 Å². The summed E-state index contributed by atoms with van der Waals surface area (Å²) in [6, 6.07) is 21.8. The quantitative estimate of drug-likeness (QED) is 0.483. The fraction of sp³-hybridized carbons (Fsp3) is 0.0909. The van der Waals surface area contributed by atoms with Crippen LogP contribution in [0.1, 0.15) is 5.56 Å². The molecule has 0 aliphatic rings. The van der Waals surface area contributed by atoms with Crippen molar-refractivity contribution in [2.45, 2.75) is 6.54 Å². The van der Waals surface area contributed by atoms with E-state index >= 15 is 0 Å². The van der Waals surface area contributed by atoms with Crippen LogP contribution in [0.4, 0.5) is 5.82 Å². The molecular formula is C22H18N4O2. The monoisotopic (exact) mass is 370 g/mol. The van der Waals surface area contributed by atoms with Gasteiger partial charge in [-0.05, 0) is 42.0 Å². The molecule has 0 fully saturated rings. The molecule has 138 valence electrons. The molecule has 0 bridgehead atoms. The zero-order chi connectivity index (χ0) is 18.9. The van der Waals surface area contributed by atoms with Crippen LogP contribution >= 0.6 is 0 Å². The Bertz CT molecular complexity index is 1220. The molecule has 5 aromatic rings. The van der Waals surface area contributed by atoms with Crippen molar-refractivity contribution in [2.24, 2.45) is 0 Å². The maximum atomic E-state index is 5.98. The first-order valence-corrected chi connectivity index (χ1v) is 9.01. The Morgan fingerprint density at radius 2 is 1.89 bits per heavy atom. The first-order chi connectivity index (χ1) is 13.8. The third-order valence-corrected chi connectivity index (χ3v) is 4.67. The van der Waals surface area contributed by atoms with Gasteiger partial charge >= 0.3 is 0 Å². The van der Waals surface area contributed by atoms with Crippen molar-refractivity contribution in [3.05, 3.63) is 78.5 Å². The molecule has 0 aliphatic carbocycles. The van der Waals surface area contributed by atoms with Crippen molar-refractivity contribution in [1.29, 1.82) is 0 Å². The van der Waals surface area contributed by atoms with E-state index in [1.165, 1.54) is 0 Å². The topological polar surface area (TPSA) is 64.6 Å². The van der Waals surface area contributed by atoms with Gasteiger partial charge in [-0.25, -0.2) is 9.50 Å². The molecule has 0 aliphatic heterocycles. The number of para-hydroxylation sites is 1. The van der Waals surface area contributed by atoms with Gasteiger partial charge in [0.25, 0.3) is 0 Å². The number of fused-ring (bicyclic) bond motifs is 2. The van der Waals surface area contributed by atoms with Gasteiger partial charge in [0, 0.05) is 11.9 Å². The van der Waals surface area contributed by atoms with E-state index in [0.29, 0.717) is 6.54 Å². The Labute approximate surface area is 161 Å². The van der Waals surface area contributed by atoms with Crippen LogP contribution in [-0.4, -0.2) is 21.7 Å². The lowest BCUT2D eigenvalue weighted by atomic mass is 10.2. The van der Waals surface area contributed by atoms with Crippen LogP contribution in [0.3, 0.4) is 0 Å². The van der Waals surface area contributed by atoms with Gasteiger partial charge in [-0.15, -0.1) is 5.10 Å². The summed E-state index contributed by atoms with van der Waals surface area (Å²) < 4.78 is 13.0. The fourth-order valence-corrected chi connectivity index (χ4v) is 3.18. The molecule has 5 rings (SSSR count). The van der Waals surface area contributed by atoms with Crippen molar-refractivity contribution >= 4 is 22.4 Å². The van der Waals surface area contributed by atoms with E-state index in [2.05, 4.69) is 15.4 Å². The van der Waals surface area contributed by atoms with Crippen molar-refractivity contribution in [1.82, 2.24) is 14.6 Å². The van der Waals surface area contributed by atoms with Gasteiger partial charge in [0.1, 0.15) is 22.8 Å². The molecule has 1 N–H and O–H groups in total. The number of rotatable bonds is 5. The lowest BCUT2D eigenvalue weighted by Crippen LogP contribution is -2.04. The summed E-state index contributed by atoms with van der Waals surface area (Å²) in [5.74, 6) is 2.35. The molecule has 6 heteroatoms. The molecule has 0 amide bonds. The molecular weight excluding hydrogens is 352 g/mol. The molecule has 3 heterocycles. The first kappa shape index (κ1) is 16.4. The van der Waals surface area contributed by atoms with Crippen LogP contribution in [0.5, 0.6) is 5.75 Å². The number of nitrogens with zero attached hydrogens (tertiary/aromatic N) is 3. The molecule has 0 saturated carbocycles. The summed E-state index contributed by atoms with van der Waals surface area (Å²) in [4.78, 5) is 4.44. The lowest BCUT2D eigenvalue weighted by molar-refractivity contribution is 0.414. The minimum absolute atomic E-state index is 0.664. The number of anilines is 1. The normalized spacial score (nSPS) is 11.2. The predicted molar refractivity (Wildman–Crippen MR) is 109 cm³/mol. The number of ether oxygens (including phenoxy) is 1. The molecule has 0 atom stereocenters. The minimum Gasteiger partial charge on any atom is -0.497 e. The van der Waals surface area contributed by atoms with Crippen LogP contribution in [0.15, 0.2) is 77.3 Å². The molecule has 2 aromatic carbocycles. The zero-order valence-corrected chi connectivity index (χ0v) is 15.3. The molecule has 0 unspecified atom stereocenters. The second kappa shape index (κ2) is 6.74. The molecule has 0 saturated heterocycles. The van der Waals surface area contributed by atoms with E-state index < -0.39 is 0 Å². The maximum Gasteiger partial charge on any atom is 0.155 e. The van der Waals surface area contributed by atoms with E-state index in [-0.39, 0.29) is 0 Å². The number of imidazole rings is 1. The number of hydrogen-bond acceptors (Lipinski definition) is 5. The van der Waals surface area contributed by atoms with E-state index in [1.54, 1.807) is 17.8 Å². The molecule has 6 nitrogen and oxygen atoms in total. The standard InChI is InChI=1S/C22H18N4O2/c1-27-17-8-6-15(7-9-17)13-23-21-10-11-22-24-14-18(26(22)25-21)20-12-16-4-2-3-5-19(16)28-20/h2-12,14H,13H2,1H3,(H,23,25). The van der Waals surface area contributed by atoms with Crippen molar-refractivity contribution in [3.8, 4) is 17.2 Å². The number of nitrogens with one attached hydrogen (secondary N) is 1. The first-order valence-electron chi connectivity index (χ1n) is 9.01. The molecule has 0 spiro atoms. The molecule has 28 heavy (non-hydrogen) atoms. The predicted octanol–water partition coefficient (Wildman–Crippen LogP) is 4.76. The largest absolute Gasteiger partial charge is 0.497 e. The zero-order valence-electron chi connectivity index (χ0n) is 15.3. The SMILES string of the molecule is COc1ccc(CNc2ccc3ncc(-c4cc5ccccc5o4)n3n2)cc1. The van der Waals surface area contributed by atoms with Crippen LogP contribution in [0.25, 0.3) is 28.1 Å². The van der Waals surface area contributed by atoms with E-state index in [0.717, 1.165) is 45.2 Å². The van der Waals surface area contributed by atoms with Crippen LogP contribution in [0, 0.1) is 0 Å². The summed E-state index contributed by atoms with van der Waals surface area (Å²) >= 11 is 0. The van der Waals surface area contributed by atoms with E-state index in [9.17, 15) is 0 Å². The van der Waals surface area contributed by atoms with Gasteiger partial charge in [-0.3, -0.25) is 0 Å². The van der Waals surface area contributed by atoms with Gasteiger partial charge in [-0.2, -0.15) is 0 Å². The second-order valence-electron chi connectivity index (χ2n) is 6.48. The van der Waals surface area contributed by atoms with Crippen LogP contribution in [-0.2, 0) is 6.54 Å². The Morgan fingerprint density at radius 1 is 1.04 bits per heavy atom. The van der Waals surface area contributed by atoms with Gasteiger partial charge in [-0.1, -0.05) is 30.3 Å². The molecule has 0 radical (unpaired) electrons. The number of benzene rings is 2. The van der Waals surface area contributed by atoms with Crippen LogP contribution in [0.2, 0.25) is 0 Å². The van der Waals surface area contributed by atoms with Gasteiger partial charge in [0.2, 0.25) is 0 Å². The highest BCUT2D eigenvalue weighted by Gasteiger charge is 2.12. The Balaban J connectivity index is 1.44. The Morgan fingerprint density at radius 3 is 2.71 bits per heavy atom. The average molecular weight is 370 g/mol. The van der Waals surface area contributed by atoms with Crippen molar-refractivity contribution in [2.75, 3.05) is 12.4 Å². The highest BCUT2D eigenvalue weighted by Crippen LogP contribution is 2.28. The summed E-state index contributed by atoms with van der Waals surface area (Å²) in [7, 11) is 1.66. The highest BCUT2D eigenvalue weighted by molar-refractivity contribution is 5.82. The van der Waals surface area contributed by atoms with Gasteiger partial charge < -0.3 is 14.5 Å². The van der Waals surface area contributed by atoms with Crippen molar-refractivity contribution < 1.29 is 9.15 Å². The lowest BCUT2D eigenvalue weighted by Gasteiger charge is -2.07. The molecule has 3 aromatic heterocycles. The van der Waals surface area contributed by atoms with E-state index in [4.69, 9.17) is 9.15 Å². The smallest absolute Gasteiger partial charge is 0.155 e. The van der Waals surface area contributed by atoms with E-state index in [1.807, 2.05) is 66.7 Å². The average Bonchev–Trinajstić information content (AvgIpc) is 3.36. The highest BCUT2D eigenvalue weighted by atomic mass is 16.5. The maximum absolute atomic E-state index is 5.98. The number of furan rings is 1. The number of hydrogen-bond donors (Lipinski definition) is 1. The summed E-state index contributed by atoms with van der Waals surface area (Å²) in [6.07, 6.45) is 1.79. The van der Waals surface area contributed by atoms with Gasteiger partial charge in [0.05, 0.1) is 13.3 Å². The van der Waals surface area contributed by atoms with Gasteiger partial charge in [0.15, 0.2) is 11.4 Å². The third-order valence-electron chi connectivity index (χ3n) is 4.67. The Kier molecular flexibility index (Phi) is 3.94. The third kappa shape index (κ3) is 2.95. The number of aromatic nitrogens is 3. The fourth-order valence-electron chi connectivity index (χ4n) is 3.18. The van der Waals surface area contributed by atoms with Crippen molar-refractivity contribution in [3.63, 3.8) is 0 Å². The minimum atomic E-state index is 0.664. The summed E-state index contributed by atoms with van der Waals surface area (Å²) in [5.41, 5.74) is 3.58.